The van der Waals surface area contributed by atoms with Crippen LogP contribution in [0.1, 0.15) is 79.6 Å². The van der Waals surface area contributed by atoms with E-state index in [-0.39, 0.29) is 23.6 Å². The fourth-order valence-corrected chi connectivity index (χ4v) is 3.78. The normalized spacial score (nSPS) is 27.5. The number of hydrogen-bond acceptors (Lipinski definition) is 2. The molecule has 118 valence electrons. The number of terminal acetylenes is 1. The van der Waals surface area contributed by atoms with Crippen LogP contribution in [0.4, 0.5) is 0 Å². The second-order valence-electron chi connectivity index (χ2n) is 8.13. The lowest BCUT2D eigenvalue weighted by Crippen LogP contribution is -2.41. The summed E-state index contributed by atoms with van der Waals surface area (Å²) in [4.78, 5) is 0. The number of rotatable bonds is 5. The van der Waals surface area contributed by atoms with Crippen molar-refractivity contribution in [2.45, 2.75) is 96.1 Å². The van der Waals surface area contributed by atoms with E-state index >= 15 is 0 Å². The van der Waals surface area contributed by atoms with Crippen LogP contribution in [0.25, 0.3) is 0 Å². The van der Waals surface area contributed by atoms with E-state index in [1.165, 1.54) is 25.7 Å². The third-order valence-corrected chi connectivity index (χ3v) is 6.12. The molecular formula is C18H31BO2. The molecule has 2 fully saturated rings. The predicted octanol–water partition coefficient (Wildman–Crippen LogP) is 4.83. The van der Waals surface area contributed by atoms with Gasteiger partial charge in [0.1, 0.15) is 0 Å². The summed E-state index contributed by atoms with van der Waals surface area (Å²) in [5.74, 6) is 3.47. The van der Waals surface area contributed by atoms with Crippen molar-refractivity contribution in [2.75, 3.05) is 0 Å². The van der Waals surface area contributed by atoms with Crippen molar-refractivity contribution in [3.63, 3.8) is 0 Å². The molecule has 0 aromatic rings. The van der Waals surface area contributed by atoms with Gasteiger partial charge in [0.15, 0.2) is 0 Å². The highest BCUT2D eigenvalue weighted by atomic mass is 16.7. The number of unbranched alkanes of at least 4 members (excludes halogenated alkanes) is 1. The second-order valence-corrected chi connectivity index (χ2v) is 8.13. The molecule has 0 aromatic carbocycles. The molecule has 1 saturated carbocycles. The van der Waals surface area contributed by atoms with Gasteiger partial charge in [0.25, 0.3) is 0 Å². The summed E-state index contributed by atoms with van der Waals surface area (Å²) in [5.41, 5.74) is -0.493. The van der Waals surface area contributed by atoms with Crippen molar-refractivity contribution in [2.24, 2.45) is 5.92 Å². The first-order chi connectivity index (χ1) is 9.73. The third-order valence-electron chi connectivity index (χ3n) is 6.12. The van der Waals surface area contributed by atoms with Crippen LogP contribution >= 0.6 is 0 Å². The van der Waals surface area contributed by atoms with Crippen molar-refractivity contribution in [1.82, 2.24) is 0 Å². The van der Waals surface area contributed by atoms with Crippen LogP contribution in [-0.2, 0) is 9.31 Å². The Morgan fingerprint density at radius 2 is 1.67 bits per heavy atom. The standard InChI is InChI=1S/C18H31BO2/c1-7-8-11-14-18(6,15-12-9-10-13-15)19-20-16(2,3)17(4,5)21-19/h1,15H,8-14H2,2-6H3. The smallest absolute Gasteiger partial charge is 0.403 e. The van der Waals surface area contributed by atoms with E-state index in [0.29, 0.717) is 5.92 Å². The Kier molecular flexibility index (Phi) is 4.81. The predicted molar refractivity (Wildman–Crippen MR) is 89.1 cm³/mol. The molecule has 21 heavy (non-hydrogen) atoms. The summed E-state index contributed by atoms with van der Waals surface area (Å²) in [6.45, 7) is 10.9. The Morgan fingerprint density at radius 1 is 1.14 bits per heavy atom. The minimum Gasteiger partial charge on any atom is -0.403 e. The molecular weight excluding hydrogens is 259 g/mol. The summed E-state index contributed by atoms with van der Waals surface area (Å²) >= 11 is 0. The molecule has 0 aromatic heterocycles. The van der Waals surface area contributed by atoms with Gasteiger partial charge in [-0.25, -0.2) is 0 Å². The van der Waals surface area contributed by atoms with Gasteiger partial charge in [-0.2, -0.15) is 0 Å². The number of hydrogen-bond donors (Lipinski definition) is 0. The lowest BCUT2D eigenvalue weighted by molar-refractivity contribution is 0.00578. The Morgan fingerprint density at radius 3 is 2.14 bits per heavy atom. The maximum Gasteiger partial charge on any atom is 0.464 e. The minimum absolute atomic E-state index is 0.0817. The Labute approximate surface area is 131 Å². The van der Waals surface area contributed by atoms with Crippen LogP contribution in [0.15, 0.2) is 0 Å². The first kappa shape index (κ1) is 16.9. The van der Waals surface area contributed by atoms with E-state index < -0.39 is 0 Å². The van der Waals surface area contributed by atoms with Gasteiger partial charge in [0.05, 0.1) is 11.2 Å². The first-order valence-corrected chi connectivity index (χ1v) is 8.52. The van der Waals surface area contributed by atoms with E-state index in [9.17, 15) is 0 Å². The van der Waals surface area contributed by atoms with Crippen LogP contribution < -0.4 is 0 Å². The zero-order chi connectivity index (χ0) is 15.7. The maximum absolute atomic E-state index is 6.40. The molecule has 2 nitrogen and oxygen atoms in total. The van der Waals surface area contributed by atoms with Crippen LogP contribution in [0.3, 0.4) is 0 Å². The van der Waals surface area contributed by atoms with E-state index in [1.807, 2.05) is 0 Å². The summed E-state index contributed by atoms with van der Waals surface area (Å²) in [7, 11) is -0.108. The SMILES string of the molecule is C#CCCCC(C)(B1OC(C)(C)C(C)(C)O1)C1CCCC1. The minimum atomic E-state index is -0.246. The molecule has 1 saturated heterocycles. The molecule has 0 radical (unpaired) electrons. The van der Waals surface area contributed by atoms with Crippen molar-refractivity contribution in [3.05, 3.63) is 0 Å². The van der Waals surface area contributed by atoms with E-state index in [4.69, 9.17) is 15.7 Å². The summed E-state index contributed by atoms with van der Waals surface area (Å²) < 4.78 is 12.8. The molecule has 2 aliphatic rings. The second kappa shape index (κ2) is 5.97. The van der Waals surface area contributed by atoms with Gasteiger partial charge in [-0.15, -0.1) is 12.3 Å². The Balaban J connectivity index is 2.18. The lowest BCUT2D eigenvalue weighted by atomic mass is 9.50. The average Bonchev–Trinajstić information content (AvgIpc) is 2.97. The van der Waals surface area contributed by atoms with Crippen molar-refractivity contribution < 1.29 is 9.31 Å². The summed E-state index contributed by atoms with van der Waals surface area (Å²) in [6, 6.07) is 0. The molecule has 1 heterocycles. The van der Waals surface area contributed by atoms with Gasteiger partial charge < -0.3 is 9.31 Å². The molecule has 0 bridgehead atoms. The highest BCUT2D eigenvalue weighted by molar-refractivity contribution is 6.49. The molecule has 0 spiro atoms. The zero-order valence-electron chi connectivity index (χ0n) is 14.5. The van der Waals surface area contributed by atoms with Crippen LogP contribution in [0.5, 0.6) is 0 Å². The third kappa shape index (κ3) is 3.17. The maximum atomic E-state index is 6.40. The van der Waals surface area contributed by atoms with Gasteiger partial charge in [0, 0.05) is 11.7 Å². The van der Waals surface area contributed by atoms with Gasteiger partial charge in [-0.05, 0) is 46.5 Å². The first-order valence-electron chi connectivity index (χ1n) is 8.52. The van der Waals surface area contributed by atoms with Gasteiger partial charge in [-0.1, -0.05) is 32.6 Å². The van der Waals surface area contributed by atoms with Gasteiger partial charge in [0.2, 0.25) is 0 Å². The van der Waals surface area contributed by atoms with Crippen molar-refractivity contribution >= 4 is 7.12 Å². The lowest BCUT2D eigenvalue weighted by Gasteiger charge is -2.37. The van der Waals surface area contributed by atoms with Crippen LogP contribution in [0.2, 0.25) is 5.31 Å². The van der Waals surface area contributed by atoms with Gasteiger partial charge >= 0.3 is 7.12 Å². The fraction of sp³-hybridized carbons (Fsp3) is 0.889. The zero-order valence-corrected chi connectivity index (χ0v) is 14.5. The molecule has 1 aliphatic carbocycles. The fourth-order valence-electron chi connectivity index (χ4n) is 3.78. The van der Waals surface area contributed by atoms with Crippen LogP contribution in [0, 0.1) is 18.3 Å². The highest BCUT2D eigenvalue weighted by Gasteiger charge is 2.59. The summed E-state index contributed by atoms with van der Waals surface area (Å²) in [6.07, 6.45) is 13.7. The van der Waals surface area contributed by atoms with Crippen LogP contribution in [-0.4, -0.2) is 18.3 Å². The molecule has 1 atom stereocenters. The molecule has 0 N–H and O–H groups in total. The van der Waals surface area contributed by atoms with Crippen molar-refractivity contribution in [1.29, 1.82) is 0 Å². The quantitative estimate of drug-likeness (QED) is 0.410. The molecule has 2 rings (SSSR count). The van der Waals surface area contributed by atoms with Crippen molar-refractivity contribution in [3.8, 4) is 12.3 Å². The molecule has 1 aliphatic heterocycles. The Hall–Kier alpha value is -0.455. The molecule has 1 unspecified atom stereocenters. The average molecular weight is 290 g/mol. The Bertz CT molecular complexity index is 388. The summed E-state index contributed by atoms with van der Waals surface area (Å²) in [5, 5.41) is 0.0817. The van der Waals surface area contributed by atoms with E-state index in [0.717, 1.165) is 19.3 Å². The van der Waals surface area contributed by atoms with E-state index in [2.05, 4.69) is 40.5 Å². The van der Waals surface area contributed by atoms with E-state index in [1.54, 1.807) is 0 Å². The molecule has 3 heteroatoms. The topological polar surface area (TPSA) is 18.5 Å². The largest absolute Gasteiger partial charge is 0.464 e. The van der Waals surface area contributed by atoms with Gasteiger partial charge in [-0.3, -0.25) is 0 Å². The monoisotopic (exact) mass is 290 g/mol. The highest BCUT2D eigenvalue weighted by Crippen LogP contribution is 2.55. The molecule has 0 amide bonds.